The van der Waals surface area contributed by atoms with E-state index >= 15 is 0 Å². The molecule has 0 heterocycles. The van der Waals surface area contributed by atoms with Crippen molar-refractivity contribution in [1.82, 2.24) is 0 Å². The molecule has 0 saturated carbocycles. The average molecular weight is 265 g/mol. The minimum atomic E-state index is -4.83. The van der Waals surface area contributed by atoms with Gasteiger partial charge in [-0.3, -0.25) is 0 Å². The highest BCUT2D eigenvalue weighted by Crippen LogP contribution is 2.35. The smallest absolute Gasteiger partial charge is 0.418 e. The number of rotatable bonds is 3. The highest BCUT2D eigenvalue weighted by molar-refractivity contribution is 5.96. The summed E-state index contributed by atoms with van der Waals surface area (Å²) in [6.07, 6.45) is -4.33. The second-order valence-corrected chi connectivity index (χ2v) is 3.55. The first-order chi connectivity index (χ1) is 8.27. The van der Waals surface area contributed by atoms with Crippen LogP contribution in [0.15, 0.2) is 12.1 Å². The summed E-state index contributed by atoms with van der Waals surface area (Å²) in [5.74, 6) is -2.26. The van der Waals surface area contributed by atoms with Crippen molar-refractivity contribution in [2.75, 3.05) is 12.3 Å². The van der Waals surface area contributed by atoms with Gasteiger partial charge in [0.25, 0.3) is 0 Å². The summed E-state index contributed by atoms with van der Waals surface area (Å²) in [4.78, 5) is 11.4. The quantitative estimate of drug-likeness (QED) is 0.519. The molecule has 2 N–H and O–H groups in total. The summed E-state index contributed by atoms with van der Waals surface area (Å²) in [7, 11) is 0. The van der Waals surface area contributed by atoms with Crippen molar-refractivity contribution in [1.29, 1.82) is 0 Å². The summed E-state index contributed by atoms with van der Waals surface area (Å²) in [5.41, 5.74) is 2.40. The van der Waals surface area contributed by atoms with E-state index in [9.17, 15) is 22.4 Å². The van der Waals surface area contributed by atoms with Crippen molar-refractivity contribution in [3.05, 3.63) is 29.1 Å². The van der Waals surface area contributed by atoms with Crippen LogP contribution in [0.3, 0.4) is 0 Å². The minimum absolute atomic E-state index is 0.0239. The Hall–Kier alpha value is -1.79. The molecule has 18 heavy (non-hydrogen) atoms. The number of carbonyl (C=O) groups is 1. The van der Waals surface area contributed by atoms with Gasteiger partial charge in [0.05, 0.1) is 23.4 Å². The summed E-state index contributed by atoms with van der Waals surface area (Å²) in [6.45, 7) is 1.74. The van der Waals surface area contributed by atoms with Crippen LogP contribution in [0.2, 0.25) is 0 Å². The molecule has 3 nitrogen and oxygen atoms in total. The molecule has 0 aromatic heterocycles. The van der Waals surface area contributed by atoms with E-state index in [1.54, 1.807) is 6.92 Å². The lowest BCUT2D eigenvalue weighted by Crippen LogP contribution is -2.15. The topological polar surface area (TPSA) is 52.3 Å². The molecule has 0 spiro atoms. The molecule has 0 radical (unpaired) electrons. The predicted octanol–water partition coefficient (Wildman–Crippen LogP) is 2.99. The molecule has 0 amide bonds. The molecular formula is C11H11F4NO2. The number of hydrogen-bond donors (Lipinski definition) is 1. The number of alkyl halides is 3. The SMILES string of the molecule is CCCOC(=O)c1cc(F)cc(C(F)(F)F)c1N. The molecule has 0 unspecified atom stereocenters. The van der Waals surface area contributed by atoms with Gasteiger partial charge in [-0.05, 0) is 18.6 Å². The Labute approximate surface area is 101 Å². The van der Waals surface area contributed by atoms with E-state index in [2.05, 4.69) is 4.74 Å². The minimum Gasteiger partial charge on any atom is -0.462 e. The molecule has 0 aliphatic carbocycles. The van der Waals surface area contributed by atoms with Crippen molar-refractivity contribution in [2.45, 2.75) is 19.5 Å². The summed E-state index contributed by atoms with van der Waals surface area (Å²) >= 11 is 0. The number of halogens is 4. The number of ether oxygens (including phenoxy) is 1. The van der Waals surface area contributed by atoms with Crippen molar-refractivity contribution in [3.8, 4) is 0 Å². The Balaban J connectivity index is 3.21. The normalized spacial score (nSPS) is 11.4. The van der Waals surface area contributed by atoms with Gasteiger partial charge in [-0.25, -0.2) is 9.18 Å². The van der Waals surface area contributed by atoms with E-state index in [0.717, 1.165) is 0 Å². The largest absolute Gasteiger partial charge is 0.462 e. The third kappa shape index (κ3) is 3.12. The number of nitrogens with two attached hydrogens (primary N) is 1. The second-order valence-electron chi connectivity index (χ2n) is 3.55. The van der Waals surface area contributed by atoms with Gasteiger partial charge < -0.3 is 10.5 Å². The maximum Gasteiger partial charge on any atom is 0.418 e. The second kappa shape index (κ2) is 5.24. The maximum atomic E-state index is 13.1. The van der Waals surface area contributed by atoms with Crippen LogP contribution >= 0.6 is 0 Å². The van der Waals surface area contributed by atoms with Crippen LogP contribution in [-0.4, -0.2) is 12.6 Å². The van der Waals surface area contributed by atoms with E-state index in [1.807, 2.05) is 0 Å². The van der Waals surface area contributed by atoms with Gasteiger partial charge in [-0.15, -0.1) is 0 Å². The molecule has 1 rings (SSSR count). The number of benzene rings is 1. The van der Waals surface area contributed by atoms with Crippen molar-refractivity contribution in [2.24, 2.45) is 0 Å². The van der Waals surface area contributed by atoms with Crippen LogP contribution in [0.5, 0.6) is 0 Å². The summed E-state index contributed by atoms with van der Waals surface area (Å²) < 4.78 is 55.3. The number of carbonyl (C=O) groups excluding carboxylic acids is 1. The average Bonchev–Trinajstić information content (AvgIpc) is 2.27. The Morgan fingerprint density at radius 1 is 1.39 bits per heavy atom. The first kappa shape index (κ1) is 14.3. The fourth-order valence-electron chi connectivity index (χ4n) is 1.29. The lowest BCUT2D eigenvalue weighted by molar-refractivity contribution is -0.137. The Morgan fingerprint density at radius 2 is 2.00 bits per heavy atom. The molecule has 0 saturated heterocycles. The van der Waals surface area contributed by atoms with E-state index in [-0.39, 0.29) is 12.7 Å². The molecule has 100 valence electrons. The van der Waals surface area contributed by atoms with Gasteiger partial charge in [-0.2, -0.15) is 13.2 Å². The molecule has 0 fully saturated rings. The van der Waals surface area contributed by atoms with Crippen LogP contribution < -0.4 is 5.73 Å². The van der Waals surface area contributed by atoms with Gasteiger partial charge in [0.2, 0.25) is 0 Å². The van der Waals surface area contributed by atoms with E-state index in [1.165, 1.54) is 0 Å². The number of esters is 1. The molecule has 0 aliphatic rings. The number of hydrogen-bond acceptors (Lipinski definition) is 3. The maximum absolute atomic E-state index is 13.1. The highest BCUT2D eigenvalue weighted by atomic mass is 19.4. The lowest BCUT2D eigenvalue weighted by atomic mass is 10.1. The highest BCUT2D eigenvalue weighted by Gasteiger charge is 2.35. The van der Waals surface area contributed by atoms with Crippen LogP contribution in [-0.2, 0) is 10.9 Å². The van der Waals surface area contributed by atoms with Gasteiger partial charge >= 0.3 is 12.1 Å². The fourth-order valence-corrected chi connectivity index (χ4v) is 1.29. The molecular weight excluding hydrogens is 254 g/mol. The molecule has 1 aromatic rings. The van der Waals surface area contributed by atoms with Crippen LogP contribution in [0.4, 0.5) is 23.2 Å². The van der Waals surface area contributed by atoms with Crippen molar-refractivity contribution < 1.29 is 27.1 Å². The fraction of sp³-hybridized carbons (Fsp3) is 0.364. The third-order valence-corrected chi connectivity index (χ3v) is 2.11. The van der Waals surface area contributed by atoms with Crippen molar-refractivity contribution in [3.63, 3.8) is 0 Å². The van der Waals surface area contributed by atoms with E-state index in [0.29, 0.717) is 12.5 Å². The zero-order valence-corrected chi connectivity index (χ0v) is 9.47. The summed E-state index contributed by atoms with van der Waals surface area (Å²) in [6, 6.07) is 0.870. The molecule has 7 heteroatoms. The van der Waals surface area contributed by atoms with Gasteiger partial charge in [0, 0.05) is 0 Å². The first-order valence-electron chi connectivity index (χ1n) is 5.10. The number of nitrogen functional groups attached to an aromatic ring is 1. The molecule has 0 aliphatic heterocycles. The molecule has 0 atom stereocenters. The first-order valence-corrected chi connectivity index (χ1v) is 5.10. The van der Waals surface area contributed by atoms with Gasteiger partial charge in [0.15, 0.2) is 0 Å². The molecule has 1 aromatic carbocycles. The van der Waals surface area contributed by atoms with Gasteiger partial charge in [-0.1, -0.05) is 6.92 Å². The monoisotopic (exact) mass is 265 g/mol. The third-order valence-electron chi connectivity index (χ3n) is 2.11. The Bertz CT molecular complexity index is 457. The Kier molecular flexibility index (Phi) is 4.15. The lowest BCUT2D eigenvalue weighted by Gasteiger charge is -2.13. The molecule has 0 bridgehead atoms. The predicted molar refractivity (Wildman–Crippen MR) is 56.4 cm³/mol. The van der Waals surface area contributed by atoms with Crippen LogP contribution in [0.25, 0.3) is 0 Å². The summed E-state index contributed by atoms with van der Waals surface area (Å²) in [5, 5.41) is 0. The van der Waals surface area contributed by atoms with Crippen LogP contribution in [0.1, 0.15) is 29.3 Å². The number of anilines is 1. The van der Waals surface area contributed by atoms with Gasteiger partial charge in [0.1, 0.15) is 5.82 Å². The van der Waals surface area contributed by atoms with E-state index < -0.39 is 34.8 Å². The van der Waals surface area contributed by atoms with Crippen molar-refractivity contribution >= 4 is 11.7 Å². The van der Waals surface area contributed by atoms with Crippen LogP contribution in [0, 0.1) is 5.82 Å². The zero-order valence-electron chi connectivity index (χ0n) is 9.47. The standard InChI is InChI=1S/C11H11F4NO2/c1-2-3-18-10(17)7-4-6(12)5-8(9(7)16)11(13,14)15/h4-5H,2-3,16H2,1H3. The zero-order chi connectivity index (χ0) is 13.9. The van der Waals surface area contributed by atoms with E-state index in [4.69, 9.17) is 5.73 Å². The Morgan fingerprint density at radius 3 is 2.50 bits per heavy atom.